The van der Waals surface area contributed by atoms with Gasteiger partial charge in [-0.1, -0.05) is 17.3 Å². The van der Waals surface area contributed by atoms with E-state index < -0.39 is 6.10 Å². The van der Waals surface area contributed by atoms with Crippen molar-refractivity contribution in [1.29, 1.82) is 0 Å². The van der Waals surface area contributed by atoms with Crippen molar-refractivity contribution < 1.29 is 23.5 Å². The third-order valence-corrected chi connectivity index (χ3v) is 4.06. The van der Waals surface area contributed by atoms with Gasteiger partial charge in [0, 0.05) is 18.5 Å². The fourth-order valence-corrected chi connectivity index (χ4v) is 2.62. The minimum atomic E-state index is -0.721. The molecular weight excluding hydrogens is 339 g/mol. The maximum absolute atomic E-state index is 12.9. The van der Waals surface area contributed by atoms with Crippen molar-refractivity contribution in [3.63, 3.8) is 0 Å². The Kier molecular flexibility index (Phi) is 5.36. The van der Waals surface area contributed by atoms with Crippen LogP contribution < -0.4 is 14.8 Å². The van der Waals surface area contributed by atoms with E-state index >= 15 is 0 Å². The van der Waals surface area contributed by atoms with Gasteiger partial charge in [-0.25, -0.2) is 4.39 Å². The highest BCUT2D eigenvalue weighted by atomic mass is 19.1. The predicted molar refractivity (Wildman–Crippen MR) is 93.8 cm³/mol. The molecule has 7 heteroatoms. The third-order valence-electron chi connectivity index (χ3n) is 4.06. The van der Waals surface area contributed by atoms with E-state index in [0.717, 1.165) is 11.1 Å². The molecule has 2 aromatic carbocycles. The zero-order valence-corrected chi connectivity index (χ0v) is 14.5. The molecule has 0 aliphatic carbocycles. The van der Waals surface area contributed by atoms with Gasteiger partial charge in [-0.2, -0.15) is 0 Å². The van der Waals surface area contributed by atoms with Crippen LogP contribution in [0.25, 0.3) is 0 Å². The maximum Gasteiger partial charge on any atom is 0.264 e. The van der Waals surface area contributed by atoms with E-state index in [9.17, 15) is 9.18 Å². The lowest BCUT2D eigenvalue weighted by Crippen LogP contribution is -2.34. The average Bonchev–Trinajstić information content (AvgIpc) is 3.17. The first-order chi connectivity index (χ1) is 12.6. The summed E-state index contributed by atoms with van der Waals surface area (Å²) in [4.78, 5) is 17.6. The van der Waals surface area contributed by atoms with Crippen molar-refractivity contribution in [2.24, 2.45) is 5.16 Å². The molecule has 0 fully saturated rings. The standard InChI is InChI=1S/C19H19FN2O4/c1-24-14-7-8-17(25-2)15(9-14)16-10-18(26-22-16)19(23)21-11-12-3-5-13(20)6-4-12/h3-9,18H,10-11H2,1-2H3,(H,21,23)/t18-/m1/s1. The van der Waals surface area contributed by atoms with E-state index in [1.165, 1.54) is 12.1 Å². The van der Waals surface area contributed by atoms with Crippen LogP contribution in [0, 0.1) is 5.82 Å². The van der Waals surface area contributed by atoms with Gasteiger partial charge in [-0.05, 0) is 35.9 Å². The highest BCUT2D eigenvalue weighted by molar-refractivity contribution is 6.06. The number of methoxy groups -OCH3 is 2. The Morgan fingerprint density at radius 1 is 1.23 bits per heavy atom. The van der Waals surface area contributed by atoms with E-state index in [4.69, 9.17) is 14.3 Å². The van der Waals surface area contributed by atoms with Crippen LogP contribution in [-0.4, -0.2) is 31.9 Å². The molecule has 0 unspecified atom stereocenters. The van der Waals surface area contributed by atoms with Crippen LogP contribution in [0.1, 0.15) is 17.5 Å². The predicted octanol–water partition coefficient (Wildman–Crippen LogP) is 2.65. The molecule has 0 saturated carbocycles. The lowest BCUT2D eigenvalue weighted by molar-refractivity contribution is -0.131. The highest BCUT2D eigenvalue weighted by Crippen LogP contribution is 2.28. The molecule has 0 saturated heterocycles. The van der Waals surface area contributed by atoms with Crippen LogP contribution in [0.4, 0.5) is 4.39 Å². The van der Waals surface area contributed by atoms with Gasteiger partial charge < -0.3 is 19.6 Å². The summed E-state index contributed by atoms with van der Waals surface area (Å²) in [6, 6.07) is 11.3. The Morgan fingerprint density at radius 3 is 2.69 bits per heavy atom. The van der Waals surface area contributed by atoms with Gasteiger partial charge in [0.25, 0.3) is 5.91 Å². The molecule has 6 nitrogen and oxygen atoms in total. The number of halogens is 1. The molecule has 1 heterocycles. The van der Waals surface area contributed by atoms with Crippen molar-refractivity contribution in [2.45, 2.75) is 19.1 Å². The fraction of sp³-hybridized carbons (Fsp3) is 0.263. The van der Waals surface area contributed by atoms with Gasteiger partial charge in [0.05, 0.1) is 19.9 Å². The monoisotopic (exact) mass is 358 g/mol. The zero-order valence-electron chi connectivity index (χ0n) is 14.5. The second kappa shape index (κ2) is 7.86. The Bertz CT molecular complexity index is 821. The number of amides is 1. The van der Waals surface area contributed by atoms with E-state index in [1.54, 1.807) is 44.6 Å². The molecule has 0 aromatic heterocycles. The number of nitrogens with zero attached hydrogens (tertiary/aromatic N) is 1. The number of hydrogen-bond acceptors (Lipinski definition) is 5. The number of ether oxygens (including phenoxy) is 2. The van der Waals surface area contributed by atoms with Gasteiger partial charge in [0.2, 0.25) is 6.10 Å². The van der Waals surface area contributed by atoms with Gasteiger partial charge >= 0.3 is 0 Å². The van der Waals surface area contributed by atoms with E-state index in [-0.39, 0.29) is 18.3 Å². The first kappa shape index (κ1) is 17.7. The van der Waals surface area contributed by atoms with Crippen molar-refractivity contribution in [3.8, 4) is 11.5 Å². The number of carbonyl (C=O) groups is 1. The Labute approximate surface area is 150 Å². The minimum absolute atomic E-state index is 0.282. The smallest absolute Gasteiger partial charge is 0.264 e. The number of hydrogen-bond donors (Lipinski definition) is 1. The summed E-state index contributed by atoms with van der Waals surface area (Å²) in [6.45, 7) is 0.288. The Hall–Kier alpha value is -3.09. The second-order valence-electron chi connectivity index (χ2n) is 5.75. The third kappa shape index (κ3) is 3.93. The number of nitrogens with one attached hydrogen (secondary N) is 1. The summed E-state index contributed by atoms with van der Waals surface area (Å²) in [5.74, 6) is 0.688. The molecular formula is C19H19FN2O4. The van der Waals surface area contributed by atoms with Gasteiger partial charge in [0.15, 0.2) is 0 Å². The van der Waals surface area contributed by atoms with Gasteiger partial charge in [-0.15, -0.1) is 0 Å². The molecule has 1 amide bonds. The summed E-state index contributed by atoms with van der Waals surface area (Å²) in [7, 11) is 3.14. The van der Waals surface area contributed by atoms with Gasteiger partial charge in [0.1, 0.15) is 17.3 Å². The Balaban J connectivity index is 1.62. The first-order valence-corrected chi connectivity index (χ1v) is 8.08. The van der Waals surface area contributed by atoms with Gasteiger partial charge in [-0.3, -0.25) is 4.79 Å². The quantitative estimate of drug-likeness (QED) is 0.862. The van der Waals surface area contributed by atoms with Crippen LogP contribution in [-0.2, 0) is 16.2 Å². The summed E-state index contributed by atoms with van der Waals surface area (Å²) in [6.07, 6.45) is -0.403. The molecule has 3 rings (SSSR count). The van der Waals surface area contributed by atoms with Crippen molar-refractivity contribution in [2.75, 3.05) is 14.2 Å². The molecule has 0 spiro atoms. The van der Waals surface area contributed by atoms with Crippen LogP contribution in [0.3, 0.4) is 0 Å². The van der Waals surface area contributed by atoms with Crippen molar-refractivity contribution >= 4 is 11.6 Å². The molecule has 26 heavy (non-hydrogen) atoms. The lowest BCUT2D eigenvalue weighted by Gasteiger charge is -2.11. The van der Waals surface area contributed by atoms with E-state index in [2.05, 4.69) is 10.5 Å². The molecule has 1 N–H and O–H groups in total. The fourth-order valence-electron chi connectivity index (χ4n) is 2.62. The summed E-state index contributed by atoms with van der Waals surface area (Å²) in [5, 5.41) is 6.80. The molecule has 1 aliphatic rings. The molecule has 2 aromatic rings. The lowest BCUT2D eigenvalue weighted by atomic mass is 10.0. The largest absolute Gasteiger partial charge is 0.497 e. The summed E-state index contributed by atoms with van der Waals surface area (Å²) >= 11 is 0. The zero-order chi connectivity index (χ0) is 18.5. The molecule has 0 radical (unpaired) electrons. The summed E-state index contributed by atoms with van der Waals surface area (Å²) < 4.78 is 23.5. The topological polar surface area (TPSA) is 69.1 Å². The molecule has 136 valence electrons. The van der Waals surface area contributed by atoms with E-state index in [0.29, 0.717) is 23.6 Å². The van der Waals surface area contributed by atoms with Crippen LogP contribution >= 0.6 is 0 Å². The number of oxime groups is 1. The maximum atomic E-state index is 12.9. The highest BCUT2D eigenvalue weighted by Gasteiger charge is 2.30. The SMILES string of the molecule is COc1ccc(OC)c(C2=NO[C@@H](C(=O)NCc3ccc(F)cc3)C2)c1. The first-order valence-electron chi connectivity index (χ1n) is 8.08. The summed E-state index contributed by atoms with van der Waals surface area (Å²) in [5.41, 5.74) is 2.14. The molecule has 0 bridgehead atoms. The minimum Gasteiger partial charge on any atom is -0.497 e. The van der Waals surface area contributed by atoms with Crippen LogP contribution in [0.15, 0.2) is 47.6 Å². The van der Waals surface area contributed by atoms with Crippen molar-refractivity contribution in [1.82, 2.24) is 5.32 Å². The molecule has 1 aliphatic heterocycles. The average molecular weight is 358 g/mol. The molecule has 1 atom stereocenters. The number of carbonyl (C=O) groups excluding carboxylic acids is 1. The number of benzene rings is 2. The van der Waals surface area contributed by atoms with Crippen LogP contribution in [0.2, 0.25) is 0 Å². The van der Waals surface area contributed by atoms with Crippen LogP contribution in [0.5, 0.6) is 11.5 Å². The van der Waals surface area contributed by atoms with E-state index in [1.807, 2.05) is 0 Å². The second-order valence-corrected chi connectivity index (χ2v) is 5.75. The normalized spacial score (nSPS) is 15.8. The Morgan fingerprint density at radius 2 is 2.00 bits per heavy atom. The van der Waals surface area contributed by atoms with Crippen molar-refractivity contribution in [3.05, 3.63) is 59.4 Å². The number of rotatable bonds is 6.